The summed E-state index contributed by atoms with van der Waals surface area (Å²) in [5, 5.41) is 0.860. The van der Waals surface area contributed by atoms with Gasteiger partial charge in [0.05, 0.1) is 13.2 Å². The highest BCUT2D eigenvalue weighted by Crippen LogP contribution is 2.12. The van der Waals surface area contributed by atoms with E-state index in [0.717, 1.165) is 24.1 Å². The van der Waals surface area contributed by atoms with Crippen LogP contribution in [-0.2, 0) is 11.2 Å². The van der Waals surface area contributed by atoms with Gasteiger partial charge in [0.2, 0.25) is 0 Å². The molecule has 0 amide bonds. The first-order valence-corrected chi connectivity index (χ1v) is 5.75. The number of hydrogen-bond acceptors (Lipinski definition) is 2. The summed E-state index contributed by atoms with van der Waals surface area (Å²) in [5.74, 6) is 0.922. The summed E-state index contributed by atoms with van der Waals surface area (Å²) in [6, 6.07) is 8.13. The van der Waals surface area contributed by atoms with Gasteiger partial charge in [0, 0.05) is 12.4 Å². The van der Waals surface area contributed by atoms with Crippen molar-refractivity contribution in [1.82, 2.24) is 0 Å². The third-order valence-electron chi connectivity index (χ3n) is 1.86. The Morgan fingerprint density at radius 1 is 1.14 bits per heavy atom. The van der Waals surface area contributed by atoms with Crippen molar-refractivity contribution >= 4 is 15.9 Å². The van der Waals surface area contributed by atoms with E-state index in [1.165, 1.54) is 5.56 Å². The highest BCUT2D eigenvalue weighted by molar-refractivity contribution is 9.09. The molecule has 78 valence electrons. The van der Waals surface area contributed by atoms with Crippen LogP contribution in [-0.4, -0.2) is 25.7 Å². The van der Waals surface area contributed by atoms with Crippen LogP contribution in [0.15, 0.2) is 24.3 Å². The lowest BCUT2D eigenvalue weighted by atomic mass is 10.1. The Kier molecular flexibility index (Phi) is 5.64. The fourth-order valence-corrected chi connectivity index (χ4v) is 1.29. The van der Waals surface area contributed by atoms with E-state index >= 15 is 0 Å². The van der Waals surface area contributed by atoms with Crippen LogP contribution in [0, 0.1) is 0 Å². The van der Waals surface area contributed by atoms with Crippen LogP contribution in [0.4, 0.5) is 0 Å². The Balaban J connectivity index is 2.42. The van der Waals surface area contributed by atoms with Crippen molar-refractivity contribution in [3.63, 3.8) is 0 Å². The van der Waals surface area contributed by atoms with Gasteiger partial charge in [-0.1, -0.05) is 28.1 Å². The Bertz CT molecular complexity index is 219. The molecule has 0 radical (unpaired) electrons. The molecule has 1 aromatic rings. The summed E-state index contributed by atoms with van der Waals surface area (Å²) in [7, 11) is 1.72. The molecule has 0 unspecified atom stereocenters. The van der Waals surface area contributed by atoms with Crippen molar-refractivity contribution in [2.75, 3.05) is 25.7 Å². The summed E-state index contributed by atoms with van der Waals surface area (Å²) in [5.41, 5.74) is 1.28. The monoisotopic (exact) mass is 258 g/mol. The van der Waals surface area contributed by atoms with Crippen LogP contribution < -0.4 is 4.74 Å². The largest absolute Gasteiger partial charge is 0.493 e. The number of ether oxygens (including phenoxy) is 2. The summed E-state index contributed by atoms with van der Waals surface area (Å²) >= 11 is 3.31. The Hall–Kier alpha value is -0.540. The molecule has 0 saturated heterocycles. The van der Waals surface area contributed by atoms with E-state index in [9.17, 15) is 0 Å². The molecular weight excluding hydrogens is 244 g/mol. The van der Waals surface area contributed by atoms with Crippen LogP contribution in [0.3, 0.4) is 0 Å². The topological polar surface area (TPSA) is 18.5 Å². The van der Waals surface area contributed by atoms with Gasteiger partial charge < -0.3 is 9.47 Å². The first-order chi connectivity index (χ1) is 6.86. The minimum atomic E-state index is 0.706. The molecule has 0 aliphatic heterocycles. The molecule has 0 fully saturated rings. The second-order valence-corrected chi connectivity index (χ2v) is 3.72. The van der Waals surface area contributed by atoms with E-state index in [0.29, 0.717) is 6.61 Å². The molecule has 0 spiro atoms. The van der Waals surface area contributed by atoms with Gasteiger partial charge in [-0.05, 0) is 24.1 Å². The van der Waals surface area contributed by atoms with E-state index in [1.807, 2.05) is 12.1 Å². The molecule has 0 atom stereocenters. The number of alkyl halides is 1. The zero-order valence-electron chi connectivity index (χ0n) is 8.33. The van der Waals surface area contributed by atoms with Crippen molar-refractivity contribution in [3.8, 4) is 5.75 Å². The van der Waals surface area contributed by atoms with Crippen LogP contribution in [0.5, 0.6) is 5.75 Å². The zero-order chi connectivity index (χ0) is 10.2. The van der Waals surface area contributed by atoms with Gasteiger partial charge in [0.1, 0.15) is 5.75 Å². The van der Waals surface area contributed by atoms with E-state index in [-0.39, 0.29) is 0 Å². The summed E-state index contributed by atoms with van der Waals surface area (Å²) in [6.45, 7) is 1.47. The average Bonchev–Trinajstić information content (AvgIpc) is 2.25. The van der Waals surface area contributed by atoms with Gasteiger partial charge >= 0.3 is 0 Å². The van der Waals surface area contributed by atoms with Crippen molar-refractivity contribution in [1.29, 1.82) is 0 Å². The van der Waals surface area contributed by atoms with Crippen molar-refractivity contribution in [3.05, 3.63) is 29.8 Å². The molecule has 2 nitrogen and oxygen atoms in total. The van der Waals surface area contributed by atoms with Gasteiger partial charge in [0.15, 0.2) is 0 Å². The second kappa shape index (κ2) is 6.85. The SMILES string of the molecule is COCCc1ccc(OCCBr)cc1. The second-order valence-electron chi connectivity index (χ2n) is 2.92. The number of methoxy groups -OCH3 is 1. The molecule has 0 aliphatic carbocycles. The number of rotatable bonds is 6. The predicted octanol–water partition coefficient (Wildman–Crippen LogP) is 2.65. The minimum Gasteiger partial charge on any atom is -0.493 e. The maximum atomic E-state index is 5.44. The molecule has 14 heavy (non-hydrogen) atoms. The van der Waals surface area contributed by atoms with Crippen LogP contribution in [0.1, 0.15) is 5.56 Å². The van der Waals surface area contributed by atoms with Crippen LogP contribution in [0.25, 0.3) is 0 Å². The first-order valence-electron chi connectivity index (χ1n) is 4.63. The fourth-order valence-electron chi connectivity index (χ4n) is 1.13. The Labute approximate surface area is 93.4 Å². The highest BCUT2D eigenvalue weighted by atomic mass is 79.9. The smallest absolute Gasteiger partial charge is 0.119 e. The maximum absolute atomic E-state index is 5.44. The van der Waals surface area contributed by atoms with Crippen LogP contribution >= 0.6 is 15.9 Å². The number of halogens is 1. The third kappa shape index (κ3) is 4.11. The lowest BCUT2D eigenvalue weighted by molar-refractivity contribution is 0.202. The average molecular weight is 259 g/mol. The minimum absolute atomic E-state index is 0.706. The molecule has 0 aromatic heterocycles. The van der Waals surface area contributed by atoms with Crippen molar-refractivity contribution < 1.29 is 9.47 Å². The quantitative estimate of drug-likeness (QED) is 0.731. The number of hydrogen-bond donors (Lipinski definition) is 0. The summed E-state index contributed by atoms with van der Waals surface area (Å²) in [4.78, 5) is 0. The van der Waals surface area contributed by atoms with Crippen molar-refractivity contribution in [2.24, 2.45) is 0 Å². The highest BCUT2D eigenvalue weighted by Gasteiger charge is 1.94. The maximum Gasteiger partial charge on any atom is 0.119 e. The van der Waals surface area contributed by atoms with Gasteiger partial charge in [0.25, 0.3) is 0 Å². The lowest BCUT2D eigenvalue weighted by Gasteiger charge is -2.05. The van der Waals surface area contributed by atoms with Gasteiger partial charge in [-0.15, -0.1) is 0 Å². The summed E-state index contributed by atoms with van der Waals surface area (Å²) < 4.78 is 10.4. The first kappa shape index (κ1) is 11.5. The van der Waals surface area contributed by atoms with E-state index in [2.05, 4.69) is 28.1 Å². The molecule has 1 rings (SSSR count). The Morgan fingerprint density at radius 2 is 1.86 bits per heavy atom. The predicted molar refractivity (Wildman–Crippen MR) is 61.3 cm³/mol. The third-order valence-corrected chi connectivity index (χ3v) is 2.19. The molecule has 3 heteroatoms. The lowest BCUT2D eigenvalue weighted by Crippen LogP contribution is -1.98. The molecule has 0 N–H and O–H groups in total. The molecule has 0 bridgehead atoms. The summed E-state index contributed by atoms with van der Waals surface area (Å²) in [6.07, 6.45) is 0.954. The van der Waals surface area contributed by atoms with E-state index in [1.54, 1.807) is 7.11 Å². The normalized spacial score (nSPS) is 10.1. The zero-order valence-corrected chi connectivity index (χ0v) is 9.92. The van der Waals surface area contributed by atoms with Crippen molar-refractivity contribution in [2.45, 2.75) is 6.42 Å². The van der Waals surface area contributed by atoms with Gasteiger partial charge in [-0.3, -0.25) is 0 Å². The van der Waals surface area contributed by atoms with Gasteiger partial charge in [-0.2, -0.15) is 0 Å². The Morgan fingerprint density at radius 3 is 2.43 bits per heavy atom. The molecule has 1 aromatic carbocycles. The molecule has 0 saturated carbocycles. The fraction of sp³-hybridized carbons (Fsp3) is 0.455. The molecule has 0 heterocycles. The number of benzene rings is 1. The van der Waals surface area contributed by atoms with Gasteiger partial charge in [-0.25, -0.2) is 0 Å². The molecule has 0 aliphatic rings. The van der Waals surface area contributed by atoms with Crippen LogP contribution in [0.2, 0.25) is 0 Å². The standard InChI is InChI=1S/C11H15BrO2/c1-13-8-6-10-2-4-11(5-3-10)14-9-7-12/h2-5H,6-9H2,1H3. The van der Waals surface area contributed by atoms with E-state index < -0.39 is 0 Å². The molecular formula is C11H15BrO2. The van der Waals surface area contributed by atoms with E-state index in [4.69, 9.17) is 9.47 Å².